The molecular formula is C19H31NO. The molecule has 3 unspecified atom stereocenters. The first-order valence-electron chi connectivity index (χ1n) is 8.75. The highest BCUT2D eigenvalue weighted by Gasteiger charge is 2.26. The predicted molar refractivity (Wildman–Crippen MR) is 89.8 cm³/mol. The Morgan fingerprint density at radius 2 is 1.95 bits per heavy atom. The molecule has 1 aromatic rings. The summed E-state index contributed by atoms with van der Waals surface area (Å²) in [6.45, 7) is 7.78. The van der Waals surface area contributed by atoms with E-state index < -0.39 is 0 Å². The van der Waals surface area contributed by atoms with Crippen LogP contribution in [0.3, 0.4) is 0 Å². The summed E-state index contributed by atoms with van der Waals surface area (Å²) in [6, 6.07) is 8.90. The number of rotatable bonds is 7. The fourth-order valence-electron chi connectivity index (χ4n) is 3.38. The summed E-state index contributed by atoms with van der Waals surface area (Å²) in [4.78, 5) is 0. The van der Waals surface area contributed by atoms with Crippen LogP contribution >= 0.6 is 0 Å². The van der Waals surface area contributed by atoms with Crippen LogP contribution in [-0.2, 0) is 0 Å². The van der Waals surface area contributed by atoms with Crippen molar-refractivity contribution in [3.63, 3.8) is 0 Å². The molecular weight excluding hydrogens is 258 g/mol. The van der Waals surface area contributed by atoms with Crippen LogP contribution < -0.4 is 10.1 Å². The number of ether oxygens (including phenoxy) is 1. The number of benzene rings is 1. The maximum atomic E-state index is 6.45. The van der Waals surface area contributed by atoms with Gasteiger partial charge in [0, 0.05) is 11.6 Å². The average Bonchev–Trinajstić information content (AvgIpc) is 2.53. The van der Waals surface area contributed by atoms with Crippen molar-refractivity contribution in [3.8, 4) is 5.75 Å². The minimum absolute atomic E-state index is 0.352. The van der Waals surface area contributed by atoms with Crippen LogP contribution in [0.1, 0.15) is 70.9 Å². The summed E-state index contributed by atoms with van der Waals surface area (Å²) in [6.07, 6.45) is 8.02. The van der Waals surface area contributed by atoms with Gasteiger partial charge in [-0.05, 0) is 57.6 Å². The zero-order valence-corrected chi connectivity index (χ0v) is 13.9. The van der Waals surface area contributed by atoms with Gasteiger partial charge in [0.25, 0.3) is 0 Å². The van der Waals surface area contributed by atoms with Gasteiger partial charge in [-0.3, -0.25) is 0 Å². The van der Waals surface area contributed by atoms with Gasteiger partial charge in [0.15, 0.2) is 0 Å². The largest absolute Gasteiger partial charge is 0.490 e. The second kappa shape index (κ2) is 8.43. The van der Waals surface area contributed by atoms with E-state index in [0.717, 1.165) is 24.6 Å². The molecule has 1 aromatic carbocycles. The first-order valence-corrected chi connectivity index (χ1v) is 8.75. The second-order valence-corrected chi connectivity index (χ2v) is 6.32. The molecule has 0 radical (unpaired) electrons. The zero-order valence-electron chi connectivity index (χ0n) is 13.9. The van der Waals surface area contributed by atoms with Crippen molar-refractivity contribution in [2.75, 3.05) is 6.54 Å². The number of nitrogens with one attached hydrogen (secondary N) is 1. The van der Waals surface area contributed by atoms with E-state index in [4.69, 9.17) is 4.74 Å². The Morgan fingerprint density at radius 3 is 2.71 bits per heavy atom. The normalized spacial score (nSPS) is 23.8. The maximum absolute atomic E-state index is 6.45. The van der Waals surface area contributed by atoms with Crippen LogP contribution in [0.4, 0.5) is 0 Å². The Hall–Kier alpha value is -1.02. The van der Waals surface area contributed by atoms with E-state index in [1.807, 2.05) is 0 Å². The van der Waals surface area contributed by atoms with Gasteiger partial charge in [-0.15, -0.1) is 0 Å². The fourth-order valence-corrected chi connectivity index (χ4v) is 3.38. The van der Waals surface area contributed by atoms with Gasteiger partial charge in [-0.2, -0.15) is 0 Å². The fraction of sp³-hybridized carbons (Fsp3) is 0.684. The van der Waals surface area contributed by atoms with E-state index in [1.54, 1.807) is 0 Å². The van der Waals surface area contributed by atoms with Gasteiger partial charge < -0.3 is 10.1 Å². The summed E-state index contributed by atoms with van der Waals surface area (Å²) < 4.78 is 6.45. The van der Waals surface area contributed by atoms with E-state index >= 15 is 0 Å². The summed E-state index contributed by atoms with van der Waals surface area (Å²) in [7, 11) is 0. The average molecular weight is 289 g/mol. The molecule has 21 heavy (non-hydrogen) atoms. The molecule has 1 aliphatic rings. The Bertz CT molecular complexity index is 418. The van der Waals surface area contributed by atoms with Crippen LogP contribution in [-0.4, -0.2) is 12.6 Å². The molecule has 0 spiro atoms. The number of hydrogen-bond acceptors (Lipinski definition) is 2. The SMILES string of the molecule is CCCNC(C)c1ccccc1OC1CCCCC1CC. The third-order valence-electron chi connectivity index (χ3n) is 4.73. The predicted octanol–water partition coefficient (Wildman–Crippen LogP) is 5.09. The molecule has 2 heteroatoms. The van der Waals surface area contributed by atoms with Crippen molar-refractivity contribution in [2.45, 2.75) is 71.4 Å². The Kier molecular flexibility index (Phi) is 6.56. The first kappa shape index (κ1) is 16.4. The van der Waals surface area contributed by atoms with Gasteiger partial charge >= 0.3 is 0 Å². The summed E-state index contributed by atoms with van der Waals surface area (Å²) in [5, 5.41) is 3.57. The van der Waals surface area contributed by atoms with Crippen molar-refractivity contribution in [3.05, 3.63) is 29.8 Å². The highest BCUT2D eigenvalue weighted by Crippen LogP contribution is 2.33. The van der Waals surface area contributed by atoms with Crippen LogP contribution in [0.5, 0.6) is 5.75 Å². The van der Waals surface area contributed by atoms with E-state index in [-0.39, 0.29) is 0 Å². The van der Waals surface area contributed by atoms with Gasteiger partial charge in [-0.25, -0.2) is 0 Å². The van der Waals surface area contributed by atoms with E-state index in [0.29, 0.717) is 12.1 Å². The molecule has 1 N–H and O–H groups in total. The third kappa shape index (κ3) is 4.47. The number of hydrogen-bond donors (Lipinski definition) is 1. The van der Waals surface area contributed by atoms with Crippen LogP contribution in [0.15, 0.2) is 24.3 Å². The molecule has 2 nitrogen and oxygen atoms in total. The van der Waals surface area contributed by atoms with Crippen molar-refractivity contribution in [2.24, 2.45) is 5.92 Å². The lowest BCUT2D eigenvalue weighted by Gasteiger charge is -2.32. The summed E-state index contributed by atoms with van der Waals surface area (Å²) >= 11 is 0. The monoisotopic (exact) mass is 289 g/mol. The van der Waals surface area contributed by atoms with Gasteiger partial charge in [0.2, 0.25) is 0 Å². The molecule has 0 aliphatic heterocycles. The molecule has 0 saturated heterocycles. The minimum atomic E-state index is 0.352. The molecule has 2 rings (SSSR count). The Labute approximate surface area is 130 Å². The van der Waals surface area contributed by atoms with Gasteiger partial charge in [-0.1, -0.05) is 38.5 Å². The zero-order chi connectivity index (χ0) is 15.1. The maximum Gasteiger partial charge on any atom is 0.124 e. The molecule has 0 aromatic heterocycles. The lowest BCUT2D eigenvalue weighted by atomic mass is 9.84. The standard InChI is InChI=1S/C19H31NO/c1-4-14-20-15(3)17-11-7-9-13-19(17)21-18-12-8-6-10-16(18)5-2/h7,9,11,13,15-16,18,20H,4-6,8,10,12,14H2,1-3H3. The van der Waals surface area contributed by atoms with Crippen LogP contribution in [0.2, 0.25) is 0 Å². The van der Waals surface area contributed by atoms with Crippen molar-refractivity contribution >= 4 is 0 Å². The Balaban J connectivity index is 2.08. The minimum Gasteiger partial charge on any atom is -0.490 e. The topological polar surface area (TPSA) is 21.3 Å². The molecule has 1 aliphatic carbocycles. The first-order chi connectivity index (χ1) is 10.3. The molecule has 118 valence electrons. The van der Waals surface area contributed by atoms with Gasteiger partial charge in [0.1, 0.15) is 11.9 Å². The molecule has 1 fully saturated rings. The smallest absolute Gasteiger partial charge is 0.124 e. The van der Waals surface area contributed by atoms with E-state index in [2.05, 4.69) is 50.4 Å². The lowest BCUT2D eigenvalue weighted by Crippen LogP contribution is -2.30. The second-order valence-electron chi connectivity index (χ2n) is 6.32. The highest BCUT2D eigenvalue weighted by molar-refractivity contribution is 5.35. The van der Waals surface area contributed by atoms with Crippen LogP contribution in [0, 0.1) is 5.92 Å². The van der Waals surface area contributed by atoms with Gasteiger partial charge in [0.05, 0.1) is 0 Å². The Morgan fingerprint density at radius 1 is 1.19 bits per heavy atom. The molecule has 0 bridgehead atoms. The van der Waals surface area contributed by atoms with Crippen molar-refractivity contribution in [1.29, 1.82) is 0 Å². The summed E-state index contributed by atoms with van der Waals surface area (Å²) in [5.74, 6) is 1.81. The molecule has 0 amide bonds. The van der Waals surface area contributed by atoms with Crippen LogP contribution in [0.25, 0.3) is 0 Å². The molecule has 3 atom stereocenters. The third-order valence-corrected chi connectivity index (χ3v) is 4.73. The number of para-hydroxylation sites is 1. The molecule has 0 heterocycles. The lowest BCUT2D eigenvalue weighted by molar-refractivity contribution is 0.0889. The van der Waals surface area contributed by atoms with Crippen molar-refractivity contribution in [1.82, 2.24) is 5.32 Å². The van der Waals surface area contributed by atoms with E-state index in [9.17, 15) is 0 Å². The molecule has 1 saturated carbocycles. The van der Waals surface area contributed by atoms with E-state index in [1.165, 1.54) is 37.7 Å². The summed E-state index contributed by atoms with van der Waals surface area (Å²) in [5.41, 5.74) is 1.30. The quantitative estimate of drug-likeness (QED) is 0.754. The van der Waals surface area contributed by atoms with Crippen molar-refractivity contribution < 1.29 is 4.74 Å². The highest BCUT2D eigenvalue weighted by atomic mass is 16.5.